The van der Waals surface area contributed by atoms with Gasteiger partial charge in [0.1, 0.15) is 17.1 Å². The molecule has 0 aliphatic heterocycles. The molecule has 1 aliphatic rings. The highest BCUT2D eigenvalue weighted by molar-refractivity contribution is 5.98. The Morgan fingerprint density at radius 3 is 2.80 bits per heavy atom. The zero-order chi connectivity index (χ0) is 18.0. The molecule has 0 spiro atoms. The second-order valence-corrected chi connectivity index (χ2v) is 6.62. The number of amides is 1. The lowest BCUT2D eigenvalue weighted by atomic mass is 9.93. The summed E-state index contributed by atoms with van der Waals surface area (Å²) in [6.07, 6.45) is 6.12. The molecule has 1 aliphatic carbocycles. The van der Waals surface area contributed by atoms with Crippen molar-refractivity contribution in [1.82, 2.24) is 5.32 Å². The van der Waals surface area contributed by atoms with Crippen molar-refractivity contribution < 1.29 is 13.9 Å². The Bertz CT molecular complexity index is 830. The molecule has 0 bridgehead atoms. The van der Waals surface area contributed by atoms with Gasteiger partial charge in [-0.25, -0.2) is 0 Å². The third kappa shape index (κ3) is 3.30. The van der Waals surface area contributed by atoms with Crippen molar-refractivity contribution in [3.63, 3.8) is 0 Å². The van der Waals surface area contributed by atoms with E-state index in [4.69, 9.17) is 9.15 Å². The number of allylic oxidation sites excluding steroid dienone is 1. The van der Waals surface area contributed by atoms with E-state index in [9.17, 15) is 4.79 Å². The smallest absolute Gasteiger partial charge is 0.244 e. The molecule has 1 amide bonds. The van der Waals surface area contributed by atoms with Crippen LogP contribution in [0.4, 0.5) is 0 Å². The predicted octanol–water partition coefficient (Wildman–Crippen LogP) is 4.56. The molecule has 0 fully saturated rings. The van der Waals surface area contributed by atoms with Crippen LogP contribution in [-0.4, -0.2) is 19.1 Å². The SMILES string of the molecule is CCNC(=O)/C=C(\C)c1cc2c3c(oc2c(C)c1OCC)CCCC3. The lowest BCUT2D eigenvalue weighted by molar-refractivity contribution is -0.116. The summed E-state index contributed by atoms with van der Waals surface area (Å²) in [4.78, 5) is 12.0. The summed E-state index contributed by atoms with van der Waals surface area (Å²) in [5.41, 5.74) is 5.18. The van der Waals surface area contributed by atoms with Gasteiger partial charge in [-0.2, -0.15) is 0 Å². The Morgan fingerprint density at radius 1 is 1.32 bits per heavy atom. The van der Waals surface area contributed by atoms with E-state index >= 15 is 0 Å². The number of benzene rings is 1. The summed E-state index contributed by atoms with van der Waals surface area (Å²) >= 11 is 0. The summed E-state index contributed by atoms with van der Waals surface area (Å²) in [6.45, 7) is 9.10. The van der Waals surface area contributed by atoms with Crippen LogP contribution in [0.1, 0.15) is 56.1 Å². The molecule has 0 radical (unpaired) electrons. The maximum atomic E-state index is 12.0. The van der Waals surface area contributed by atoms with Crippen LogP contribution in [0.3, 0.4) is 0 Å². The monoisotopic (exact) mass is 341 g/mol. The van der Waals surface area contributed by atoms with Gasteiger partial charge in [-0.15, -0.1) is 0 Å². The first-order valence-electron chi connectivity index (χ1n) is 9.23. The third-order valence-electron chi connectivity index (χ3n) is 4.84. The fraction of sp³-hybridized carbons (Fsp3) is 0.476. The lowest BCUT2D eigenvalue weighted by Crippen LogP contribution is -2.20. The molecular formula is C21H27NO3. The maximum Gasteiger partial charge on any atom is 0.244 e. The van der Waals surface area contributed by atoms with E-state index in [1.165, 1.54) is 23.8 Å². The van der Waals surface area contributed by atoms with E-state index in [0.717, 1.165) is 46.6 Å². The number of aryl methyl sites for hydroxylation is 3. The number of rotatable bonds is 5. The van der Waals surface area contributed by atoms with Crippen LogP contribution < -0.4 is 10.1 Å². The number of furan rings is 1. The van der Waals surface area contributed by atoms with E-state index in [1.54, 1.807) is 6.08 Å². The molecule has 3 rings (SSSR count). The van der Waals surface area contributed by atoms with Gasteiger partial charge in [0.15, 0.2) is 0 Å². The Labute approximate surface area is 149 Å². The predicted molar refractivity (Wildman–Crippen MR) is 101 cm³/mol. The number of carbonyl (C=O) groups is 1. The van der Waals surface area contributed by atoms with Gasteiger partial charge in [0, 0.05) is 41.1 Å². The van der Waals surface area contributed by atoms with Gasteiger partial charge in [-0.3, -0.25) is 4.79 Å². The van der Waals surface area contributed by atoms with Gasteiger partial charge in [0.05, 0.1) is 6.61 Å². The number of carbonyl (C=O) groups excluding carboxylic acids is 1. The van der Waals surface area contributed by atoms with Crippen molar-refractivity contribution >= 4 is 22.4 Å². The standard InChI is InChI=1S/C21H27NO3/c1-5-22-19(23)11-13(3)16-12-17-15-9-7-8-10-18(15)25-21(17)14(4)20(16)24-6-2/h11-12H,5-10H2,1-4H3,(H,22,23)/b13-11+. The van der Waals surface area contributed by atoms with Crippen molar-refractivity contribution in [3.8, 4) is 5.75 Å². The third-order valence-corrected chi connectivity index (χ3v) is 4.84. The van der Waals surface area contributed by atoms with Crippen LogP contribution in [0, 0.1) is 6.92 Å². The van der Waals surface area contributed by atoms with Crippen molar-refractivity contribution in [2.24, 2.45) is 0 Å². The average Bonchev–Trinajstić information content (AvgIpc) is 2.96. The van der Waals surface area contributed by atoms with Gasteiger partial charge in [0.2, 0.25) is 5.91 Å². The number of ether oxygens (including phenoxy) is 1. The van der Waals surface area contributed by atoms with Gasteiger partial charge in [0.25, 0.3) is 0 Å². The second kappa shape index (κ2) is 7.34. The second-order valence-electron chi connectivity index (χ2n) is 6.62. The molecule has 0 saturated carbocycles. The highest BCUT2D eigenvalue weighted by atomic mass is 16.5. The first-order chi connectivity index (χ1) is 12.1. The molecule has 1 N–H and O–H groups in total. The number of nitrogens with one attached hydrogen (secondary N) is 1. The molecule has 25 heavy (non-hydrogen) atoms. The van der Waals surface area contributed by atoms with Crippen LogP contribution in [0.15, 0.2) is 16.6 Å². The van der Waals surface area contributed by atoms with Crippen LogP contribution >= 0.6 is 0 Å². The van der Waals surface area contributed by atoms with E-state index in [-0.39, 0.29) is 5.91 Å². The maximum absolute atomic E-state index is 12.0. The zero-order valence-electron chi connectivity index (χ0n) is 15.6. The fourth-order valence-electron chi connectivity index (χ4n) is 3.66. The van der Waals surface area contributed by atoms with Gasteiger partial charge >= 0.3 is 0 Å². The highest BCUT2D eigenvalue weighted by Gasteiger charge is 2.23. The fourth-order valence-corrected chi connectivity index (χ4v) is 3.66. The van der Waals surface area contributed by atoms with Gasteiger partial charge < -0.3 is 14.5 Å². The molecule has 1 aromatic carbocycles. The molecule has 1 heterocycles. The van der Waals surface area contributed by atoms with Crippen LogP contribution in [0.25, 0.3) is 16.5 Å². The largest absolute Gasteiger partial charge is 0.493 e. The van der Waals surface area contributed by atoms with Crippen LogP contribution in [0.2, 0.25) is 0 Å². The molecule has 4 nitrogen and oxygen atoms in total. The number of likely N-dealkylation sites (N-methyl/N-ethyl adjacent to an activating group) is 1. The topological polar surface area (TPSA) is 51.5 Å². The molecule has 4 heteroatoms. The molecular weight excluding hydrogens is 314 g/mol. The summed E-state index contributed by atoms with van der Waals surface area (Å²) in [7, 11) is 0. The molecule has 134 valence electrons. The molecule has 1 aromatic heterocycles. The lowest BCUT2D eigenvalue weighted by Gasteiger charge is -2.15. The Hall–Kier alpha value is -2.23. The van der Waals surface area contributed by atoms with Crippen LogP contribution in [0.5, 0.6) is 5.75 Å². The number of hydrogen-bond donors (Lipinski definition) is 1. The summed E-state index contributed by atoms with van der Waals surface area (Å²) in [6, 6.07) is 2.14. The quantitative estimate of drug-likeness (QED) is 0.811. The average molecular weight is 341 g/mol. The van der Waals surface area contributed by atoms with E-state index in [0.29, 0.717) is 13.2 Å². The van der Waals surface area contributed by atoms with E-state index in [2.05, 4.69) is 11.4 Å². The van der Waals surface area contributed by atoms with Crippen molar-refractivity contribution in [2.75, 3.05) is 13.2 Å². The van der Waals surface area contributed by atoms with Crippen molar-refractivity contribution in [2.45, 2.75) is 53.4 Å². The van der Waals surface area contributed by atoms with Gasteiger partial charge in [-0.1, -0.05) is 0 Å². The summed E-state index contributed by atoms with van der Waals surface area (Å²) < 4.78 is 12.1. The van der Waals surface area contributed by atoms with E-state index < -0.39 is 0 Å². The van der Waals surface area contributed by atoms with Gasteiger partial charge in [-0.05, 0) is 58.6 Å². The normalized spacial score (nSPS) is 14.5. The number of hydrogen-bond acceptors (Lipinski definition) is 3. The highest BCUT2D eigenvalue weighted by Crippen LogP contribution is 2.41. The van der Waals surface area contributed by atoms with Crippen molar-refractivity contribution in [1.29, 1.82) is 0 Å². The minimum Gasteiger partial charge on any atom is -0.493 e. The minimum absolute atomic E-state index is 0.0746. The van der Waals surface area contributed by atoms with Crippen molar-refractivity contribution in [3.05, 3.63) is 34.6 Å². The Kier molecular flexibility index (Phi) is 5.16. The Balaban J connectivity index is 2.18. The zero-order valence-corrected chi connectivity index (χ0v) is 15.6. The molecule has 0 unspecified atom stereocenters. The first-order valence-corrected chi connectivity index (χ1v) is 9.23. The molecule has 0 atom stereocenters. The molecule has 2 aromatic rings. The first kappa shape index (κ1) is 17.6. The summed E-state index contributed by atoms with van der Waals surface area (Å²) in [5.74, 6) is 1.86. The number of fused-ring (bicyclic) bond motifs is 3. The van der Waals surface area contributed by atoms with Crippen LogP contribution in [-0.2, 0) is 17.6 Å². The van der Waals surface area contributed by atoms with E-state index in [1.807, 2.05) is 27.7 Å². The minimum atomic E-state index is -0.0746. The summed E-state index contributed by atoms with van der Waals surface area (Å²) in [5, 5.41) is 3.99. The Morgan fingerprint density at radius 2 is 2.08 bits per heavy atom. The molecule has 0 saturated heterocycles.